The maximum atomic E-state index is 13.2. The lowest BCUT2D eigenvalue weighted by Crippen LogP contribution is -2.30. The number of fused-ring (bicyclic) bond motifs is 1. The van der Waals surface area contributed by atoms with Crippen molar-refractivity contribution < 1.29 is 8.42 Å². The van der Waals surface area contributed by atoms with Crippen LogP contribution in [0.2, 0.25) is 0 Å². The van der Waals surface area contributed by atoms with Gasteiger partial charge in [0.05, 0.1) is 10.9 Å². The van der Waals surface area contributed by atoms with Crippen LogP contribution in [0.3, 0.4) is 0 Å². The first-order valence-electron chi connectivity index (χ1n) is 8.70. The van der Waals surface area contributed by atoms with Crippen LogP contribution in [-0.2, 0) is 22.9 Å². The molecule has 1 aromatic carbocycles. The highest BCUT2D eigenvalue weighted by molar-refractivity contribution is 7.89. The molecule has 1 atom stereocenters. The maximum Gasteiger partial charge on any atom is 0.243 e. The highest BCUT2D eigenvalue weighted by atomic mass is 32.2. The van der Waals surface area contributed by atoms with Crippen molar-refractivity contribution in [1.82, 2.24) is 9.29 Å². The van der Waals surface area contributed by atoms with Crippen LogP contribution in [0.4, 0.5) is 0 Å². The van der Waals surface area contributed by atoms with Crippen molar-refractivity contribution in [2.45, 2.75) is 49.5 Å². The molecule has 0 bridgehead atoms. The molecular weight excluding hydrogens is 320 g/mol. The summed E-state index contributed by atoms with van der Waals surface area (Å²) in [4.78, 5) is 4.49. The first-order chi connectivity index (χ1) is 11.7. The molecule has 2 aromatic rings. The van der Waals surface area contributed by atoms with E-state index >= 15 is 0 Å². The molecule has 0 saturated carbocycles. The Morgan fingerprint density at radius 1 is 0.958 bits per heavy atom. The Labute approximate surface area is 143 Å². The van der Waals surface area contributed by atoms with E-state index in [1.54, 1.807) is 22.8 Å². The topological polar surface area (TPSA) is 50.3 Å². The van der Waals surface area contributed by atoms with Crippen LogP contribution in [0.25, 0.3) is 0 Å². The van der Waals surface area contributed by atoms with Crippen LogP contribution in [-0.4, -0.2) is 24.3 Å². The van der Waals surface area contributed by atoms with E-state index in [1.165, 1.54) is 17.5 Å². The zero-order valence-electron chi connectivity index (χ0n) is 13.7. The van der Waals surface area contributed by atoms with Crippen LogP contribution in [0, 0.1) is 0 Å². The Balaban J connectivity index is 1.69. The molecular formula is C19H22N2O2S. The first-order valence-corrected chi connectivity index (χ1v) is 10.1. The third kappa shape index (κ3) is 2.76. The Morgan fingerprint density at radius 2 is 1.71 bits per heavy atom. The molecule has 4 rings (SSSR count). The largest absolute Gasteiger partial charge is 0.265 e. The van der Waals surface area contributed by atoms with Crippen molar-refractivity contribution in [3.8, 4) is 0 Å². The summed E-state index contributed by atoms with van der Waals surface area (Å²) in [7, 11) is -3.46. The van der Waals surface area contributed by atoms with Gasteiger partial charge < -0.3 is 0 Å². The smallest absolute Gasteiger partial charge is 0.243 e. The van der Waals surface area contributed by atoms with E-state index in [1.807, 2.05) is 24.3 Å². The van der Waals surface area contributed by atoms with Gasteiger partial charge in [-0.25, -0.2) is 8.42 Å². The molecule has 1 saturated heterocycles. The molecule has 4 nitrogen and oxygen atoms in total. The van der Waals surface area contributed by atoms with Crippen LogP contribution in [0.5, 0.6) is 0 Å². The predicted octanol–water partition coefficient (Wildman–Crippen LogP) is 3.49. The van der Waals surface area contributed by atoms with Gasteiger partial charge in [0.15, 0.2) is 0 Å². The third-order valence-corrected chi connectivity index (χ3v) is 7.13. The Morgan fingerprint density at radius 3 is 2.50 bits per heavy atom. The second-order valence-electron chi connectivity index (χ2n) is 6.69. The molecule has 1 aromatic heterocycles. The number of rotatable bonds is 3. The summed E-state index contributed by atoms with van der Waals surface area (Å²) in [6, 6.07) is 9.48. The highest BCUT2D eigenvalue weighted by Crippen LogP contribution is 2.37. The monoisotopic (exact) mass is 342 g/mol. The van der Waals surface area contributed by atoms with E-state index in [0.29, 0.717) is 11.4 Å². The lowest BCUT2D eigenvalue weighted by atomic mass is 9.92. The minimum atomic E-state index is -3.46. The van der Waals surface area contributed by atoms with E-state index in [-0.39, 0.29) is 6.04 Å². The molecule has 0 spiro atoms. The van der Waals surface area contributed by atoms with Crippen molar-refractivity contribution in [3.05, 3.63) is 59.4 Å². The molecule has 2 heterocycles. The van der Waals surface area contributed by atoms with Gasteiger partial charge in [0, 0.05) is 18.9 Å². The molecule has 0 N–H and O–H groups in total. The third-order valence-electron chi connectivity index (χ3n) is 5.22. The fourth-order valence-electron chi connectivity index (χ4n) is 3.95. The fourth-order valence-corrected chi connectivity index (χ4v) is 5.69. The Kier molecular flexibility index (Phi) is 4.14. The summed E-state index contributed by atoms with van der Waals surface area (Å²) >= 11 is 0. The molecule has 1 fully saturated rings. The molecule has 1 aliphatic heterocycles. The van der Waals surface area contributed by atoms with Gasteiger partial charge >= 0.3 is 0 Å². The van der Waals surface area contributed by atoms with E-state index in [9.17, 15) is 8.42 Å². The number of sulfonamides is 1. The maximum absolute atomic E-state index is 13.2. The van der Waals surface area contributed by atoms with E-state index in [2.05, 4.69) is 4.98 Å². The Hall–Kier alpha value is -1.72. The average molecular weight is 342 g/mol. The molecule has 24 heavy (non-hydrogen) atoms. The van der Waals surface area contributed by atoms with Crippen molar-refractivity contribution in [1.29, 1.82) is 0 Å². The van der Waals surface area contributed by atoms with Crippen LogP contribution >= 0.6 is 0 Å². The van der Waals surface area contributed by atoms with Gasteiger partial charge in [-0.05, 0) is 79.5 Å². The molecule has 2 aliphatic rings. The molecule has 1 aliphatic carbocycles. The van der Waals surface area contributed by atoms with Crippen molar-refractivity contribution in [3.63, 3.8) is 0 Å². The summed E-state index contributed by atoms with van der Waals surface area (Å²) < 4.78 is 28.1. The number of benzene rings is 1. The molecule has 126 valence electrons. The van der Waals surface area contributed by atoms with Gasteiger partial charge in [0.25, 0.3) is 0 Å². The normalized spacial score (nSPS) is 21.6. The highest BCUT2D eigenvalue weighted by Gasteiger charge is 2.36. The van der Waals surface area contributed by atoms with E-state index < -0.39 is 10.0 Å². The quantitative estimate of drug-likeness (QED) is 0.858. The second-order valence-corrected chi connectivity index (χ2v) is 8.58. The van der Waals surface area contributed by atoms with Crippen LogP contribution in [0.1, 0.15) is 48.4 Å². The number of aromatic nitrogens is 1. The van der Waals surface area contributed by atoms with Gasteiger partial charge in [-0.3, -0.25) is 4.98 Å². The lowest BCUT2D eigenvalue weighted by molar-refractivity contribution is 0.396. The number of nitrogens with zero attached hydrogens (tertiary/aromatic N) is 2. The SMILES string of the molecule is O=S(=O)(c1ccc2c(c1)CCCC2)N1CCCC1c1ccncc1. The Bertz CT molecular complexity index is 834. The minimum Gasteiger partial charge on any atom is -0.265 e. The number of aryl methyl sites for hydroxylation is 2. The predicted molar refractivity (Wildman–Crippen MR) is 93.2 cm³/mol. The molecule has 1 unspecified atom stereocenters. The van der Waals surface area contributed by atoms with Crippen molar-refractivity contribution in [2.24, 2.45) is 0 Å². The molecule has 0 amide bonds. The fraction of sp³-hybridized carbons (Fsp3) is 0.421. The average Bonchev–Trinajstić information content (AvgIpc) is 3.13. The summed E-state index contributed by atoms with van der Waals surface area (Å²) in [6.07, 6.45) is 9.65. The minimum absolute atomic E-state index is 0.0750. The first kappa shape index (κ1) is 15.8. The molecule has 5 heteroatoms. The summed E-state index contributed by atoms with van der Waals surface area (Å²) in [5, 5.41) is 0. The van der Waals surface area contributed by atoms with Gasteiger partial charge in [-0.2, -0.15) is 4.31 Å². The van der Waals surface area contributed by atoms with Gasteiger partial charge in [-0.15, -0.1) is 0 Å². The standard InChI is InChI=1S/C19H22N2O2S/c22-24(23,18-8-7-15-4-1-2-5-17(15)14-18)21-13-3-6-19(21)16-9-11-20-12-10-16/h7-12,14,19H,1-6,13H2. The van der Waals surface area contributed by atoms with Gasteiger partial charge in [0.2, 0.25) is 10.0 Å². The van der Waals surface area contributed by atoms with Gasteiger partial charge in [-0.1, -0.05) is 6.07 Å². The van der Waals surface area contributed by atoms with Crippen molar-refractivity contribution in [2.75, 3.05) is 6.54 Å². The zero-order chi connectivity index (χ0) is 16.6. The summed E-state index contributed by atoms with van der Waals surface area (Å²) in [6.45, 7) is 0.590. The summed E-state index contributed by atoms with van der Waals surface area (Å²) in [5.41, 5.74) is 3.55. The van der Waals surface area contributed by atoms with Crippen LogP contribution < -0.4 is 0 Å². The van der Waals surface area contributed by atoms with Crippen molar-refractivity contribution >= 4 is 10.0 Å². The van der Waals surface area contributed by atoms with Crippen LogP contribution in [0.15, 0.2) is 47.6 Å². The number of hydrogen-bond acceptors (Lipinski definition) is 3. The number of hydrogen-bond donors (Lipinski definition) is 0. The summed E-state index contributed by atoms with van der Waals surface area (Å²) in [5.74, 6) is 0. The van der Waals surface area contributed by atoms with E-state index in [4.69, 9.17) is 0 Å². The zero-order valence-corrected chi connectivity index (χ0v) is 14.5. The number of pyridine rings is 1. The van der Waals surface area contributed by atoms with E-state index in [0.717, 1.165) is 37.7 Å². The van der Waals surface area contributed by atoms with Gasteiger partial charge in [0.1, 0.15) is 0 Å². The lowest BCUT2D eigenvalue weighted by Gasteiger charge is -2.25. The second kappa shape index (κ2) is 6.30. The molecule has 0 radical (unpaired) electrons.